The summed E-state index contributed by atoms with van der Waals surface area (Å²) in [5, 5.41) is 17.7. The first-order chi connectivity index (χ1) is 8.58. The molecule has 0 aliphatic rings. The standard InChI is InChI=1S/C12H8N2O4.H2O/c15-11(16)7-1-3-13-9(5-7)10-6-8(12(17)18)2-4-14-10;/h1-6H,(H,15,16)(H,17,18);1H2. The van der Waals surface area contributed by atoms with Gasteiger partial charge in [-0.05, 0) is 24.3 Å². The molecule has 2 rings (SSSR count). The van der Waals surface area contributed by atoms with Gasteiger partial charge in [-0.25, -0.2) is 9.59 Å². The van der Waals surface area contributed by atoms with Gasteiger partial charge in [-0.2, -0.15) is 0 Å². The van der Waals surface area contributed by atoms with Crippen molar-refractivity contribution >= 4 is 11.9 Å². The van der Waals surface area contributed by atoms with E-state index in [1.807, 2.05) is 0 Å². The summed E-state index contributed by atoms with van der Waals surface area (Å²) in [6.07, 6.45) is 2.68. The summed E-state index contributed by atoms with van der Waals surface area (Å²) < 4.78 is 0. The van der Waals surface area contributed by atoms with E-state index in [2.05, 4.69) is 9.97 Å². The summed E-state index contributed by atoms with van der Waals surface area (Å²) in [6.45, 7) is 0. The lowest BCUT2D eigenvalue weighted by Crippen LogP contribution is -2.00. The highest BCUT2D eigenvalue weighted by molar-refractivity contribution is 5.90. The first-order valence-corrected chi connectivity index (χ1v) is 4.97. The van der Waals surface area contributed by atoms with Crippen LogP contribution in [0.5, 0.6) is 0 Å². The second-order valence-electron chi connectivity index (χ2n) is 3.47. The quantitative estimate of drug-likeness (QED) is 0.837. The fourth-order valence-electron chi connectivity index (χ4n) is 1.41. The molecule has 2 heterocycles. The Bertz CT molecular complexity index is 572. The molecule has 0 unspecified atom stereocenters. The Morgan fingerprint density at radius 1 is 0.842 bits per heavy atom. The van der Waals surface area contributed by atoms with Crippen LogP contribution >= 0.6 is 0 Å². The molecule has 0 atom stereocenters. The molecular formula is C12H10N2O5. The van der Waals surface area contributed by atoms with Crippen LogP contribution < -0.4 is 0 Å². The van der Waals surface area contributed by atoms with Crippen molar-refractivity contribution < 1.29 is 25.3 Å². The van der Waals surface area contributed by atoms with Crippen LogP contribution in [0.3, 0.4) is 0 Å². The minimum atomic E-state index is -1.08. The van der Waals surface area contributed by atoms with Crippen LogP contribution in [0.15, 0.2) is 36.7 Å². The zero-order valence-corrected chi connectivity index (χ0v) is 9.57. The molecule has 0 saturated carbocycles. The van der Waals surface area contributed by atoms with E-state index in [9.17, 15) is 9.59 Å². The molecular weight excluding hydrogens is 252 g/mol. The van der Waals surface area contributed by atoms with Crippen LogP contribution in [0.25, 0.3) is 11.4 Å². The van der Waals surface area contributed by atoms with Crippen LogP contribution in [0.2, 0.25) is 0 Å². The molecule has 0 spiro atoms. The molecule has 0 aliphatic carbocycles. The van der Waals surface area contributed by atoms with E-state index >= 15 is 0 Å². The minimum Gasteiger partial charge on any atom is -0.478 e. The topological polar surface area (TPSA) is 132 Å². The van der Waals surface area contributed by atoms with Crippen LogP contribution in [0.4, 0.5) is 0 Å². The molecule has 19 heavy (non-hydrogen) atoms. The van der Waals surface area contributed by atoms with Crippen molar-refractivity contribution in [2.75, 3.05) is 0 Å². The van der Waals surface area contributed by atoms with Crippen molar-refractivity contribution in [1.29, 1.82) is 0 Å². The Balaban J connectivity index is 0.00000180. The summed E-state index contributed by atoms with van der Waals surface area (Å²) in [5.41, 5.74) is 0.779. The van der Waals surface area contributed by atoms with Gasteiger partial charge < -0.3 is 15.7 Å². The van der Waals surface area contributed by atoms with E-state index in [-0.39, 0.29) is 16.6 Å². The maximum absolute atomic E-state index is 10.8. The molecule has 7 heteroatoms. The lowest BCUT2D eigenvalue weighted by Gasteiger charge is -2.02. The Hall–Kier alpha value is -2.80. The highest BCUT2D eigenvalue weighted by Crippen LogP contribution is 2.16. The maximum Gasteiger partial charge on any atom is 0.335 e. The van der Waals surface area contributed by atoms with E-state index in [1.165, 1.54) is 36.7 Å². The first kappa shape index (κ1) is 14.3. The Morgan fingerprint density at radius 2 is 1.21 bits per heavy atom. The summed E-state index contributed by atoms with van der Waals surface area (Å²) in [4.78, 5) is 29.6. The van der Waals surface area contributed by atoms with Crippen LogP contribution in [0, 0.1) is 0 Å². The number of carboxylic acids is 2. The average Bonchev–Trinajstić information content (AvgIpc) is 2.39. The van der Waals surface area contributed by atoms with Crippen molar-refractivity contribution in [3.63, 3.8) is 0 Å². The largest absolute Gasteiger partial charge is 0.478 e. The van der Waals surface area contributed by atoms with Crippen LogP contribution in [-0.4, -0.2) is 37.6 Å². The smallest absolute Gasteiger partial charge is 0.335 e. The summed E-state index contributed by atoms with van der Waals surface area (Å²) in [6, 6.07) is 5.40. The fraction of sp³-hybridized carbons (Fsp3) is 0. The fourth-order valence-corrected chi connectivity index (χ4v) is 1.41. The third-order valence-electron chi connectivity index (χ3n) is 2.28. The van der Waals surface area contributed by atoms with E-state index < -0.39 is 11.9 Å². The SMILES string of the molecule is O.O=C(O)c1ccnc(-c2cc(C(=O)O)ccn2)c1. The second-order valence-corrected chi connectivity index (χ2v) is 3.47. The first-order valence-electron chi connectivity index (χ1n) is 4.97. The van der Waals surface area contributed by atoms with E-state index in [0.29, 0.717) is 11.4 Å². The third-order valence-corrected chi connectivity index (χ3v) is 2.28. The van der Waals surface area contributed by atoms with Gasteiger partial charge in [-0.3, -0.25) is 9.97 Å². The van der Waals surface area contributed by atoms with Gasteiger partial charge in [0.15, 0.2) is 0 Å². The summed E-state index contributed by atoms with van der Waals surface area (Å²) in [5.74, 6) is -2.15. The van der Waals surface area contributed by atoms with Gasteiger partial charge >= 0.3 is 11.9 Å². The van der Waals surface area contributed by atoms with Gasteiger partial charge in [0.1, 0.15) is 0 Å². The molecule has 0 aromatic carbocycles. The number of aromatic carboxylic acids is 2. The van der Waals surface area contributed by atoms with E-state index in [0.717, 1.165) is 0 Å². The van der Waals surface area contributed by atoms with Gasteiger partial charge in [0.25, 0.3) is 0 Å². The van der Waals surface area contributed by atoms with Crippen molar-refractivity contribution in [2.24, 2.45) is 0 Å². The third kappa shape index (κ3) is 3.11. The Kier molecular flexibility index (Phi) is 4.27. The van der Waals surface area contributed by atoms with E-state index in [4.69, 9.17) is 10.2 Å². The zero-order chi connectivity index (χ0) is 13.1. The van der Waals surface area contributed by atoms with Crippen molar-refractivity contribution in [3.05, 3.63) is 47.8 Å². The molecule has 7 nitrogen and oxygen atoms in total. The van der Waals surface area contributed by atoms with Gasteiger partial charge in [-0.1, -0.05) is 0 Å². The average molecular weight is 262 g/mol. The summed E-state index contributed by atoms with van der Waals surface area (Å²) in [7, 11) is 0. The second kappa shape index (κ2) is 5.69. The van der Waals surface area contributed by atoms with Crippen LogP contribution in [0.1, 0.15) is 20.7 Å². The van der Waals surface area contributed by atoms with Gasteiger partial charge in [0.2, 0.25) is 0 Å². The molecule has 0 fully saturated rings. The molecule has 0 saturated heterocycles. The highest BCUT2D eigenvalue weighted by atomic mass is 16.4. The predicted molar refractivity (Wildman–Crippen MR) is 65.0 cm³/mol. The summed E-state index contributed by atoms with van der Waals surface area (Å²) >= 11 is 0. The molecule has 0 bridgehead atoms. The number of rotatable bonds is 3. The zero-order valence-electron chi connectivity index (χ0n) is 9.57. The monoisotopic (exact) mass is 262 g/mol. The molecule has 4 N–H and O–H groups in total. The molecule has 0 amide bonds. The van der Waals surface area contributed by atoms with Crippen molar-refractivity contribution in [2.45, 2.75) is 0 Å². The number of nitrogens with zero attached hydrogens (tertiary/aromatic N) is 2. The van der Waals surface area contributed by atoms with Crippen LogP contribution in [-0.2, 0) is 0 Å². The molecule has 2 aromatic rings. The lowest BCUT2D eigenvalue weighted by atomic mass is 10.1. The molecule has 98 valence electrons. The molecule has 0 aliphatic heterocycles. The lowest BCUT2D eigenvalue weighted by molar-refractivity contribution is 0.0686. The number of pyridine rings is 2. The number of carbonyl (C=O) groups is 2. The van der Waals surface area contributed by atoms with E-state index in [1.54, 1.807) is 0 Å². The number of carboxylic acid groups (broad SMARTS) is 2. The number of aromatic nitrogens is 2. The Labute approximate surface area is 107 Å². The van der Waals surface area contributed by atoms with Gasteiger partial charge in [0.05, 0.1) is 22.5 Å². The molecule has 0 radical (unpaired) electrons. The van der Waals surface area contributed by atoms with Crippen molar-refractivity contribution in [1.82, 2.24) is 9.97 Å². The highest BCUT2D eigenvalue weighted by Gasteiger charge is 2.09. The normalized spacial score (nSPS) is 9.47. The minimum absolute atomic E-state index is 0. The number of hydrogen-bond donors (Lipinski definition) is 2. The molecule has 2 aromatic heterocycles. The Morgan fingerprint density at radius 3 is 1.53 bits per heavy atom. The maximum atomic E-state index is 10.8. The predicted octanol–water partition coefficient (Wildman–Crippen LogP) is 0.715. The van der Waals surface area contributed by atoms with Gasteiger partial charge in [-0.15, -0.1) is 0 Å². The van der Waals surface area contributed by atoms with Gasteiger partial charge in [0, 0.05) is 12.4 Å². The number of hydrogen-bond acceptors (Lipinski definition) is 4. The van der Waals surface area contributed by atoms with Crippen molar-refractivity contribution in [3.8, 4) is 11.4 Å².